The Hall–Kier alpha value is -3.60. The first kappa shape index (κ1) is 18.7. The second-order valence-corrected chi connectivity index (χ2v) is 7.09. The zero-order valence-corrected chi connectivity index (χ0v) is 16.4. The Morgan fingerprint density at radius 1 is 0.931 bits per heavy atom. The maximum atomic E-state index is 12.8. The van der Waals surface area contributed by atoms with Gasteiger partial charge in [-0.1, -0.05) is 49.4 Å². The largest absolute Gasteiger partial charge is 0.451 e. The molecule has 5 heteroatoms. The van der Waals surface area contributed by atoms with Gasteiger partial charge in [0.05, 0.1) is 11.3 Å². The summed E-state index contributed by atoms with van der Waals surface area (Å²) in [5.41, 5.74) is 1.52. The van der Waals surface area contributed by atoms with Crippen molar-refractivity contribution in [1.29, 1.82) is 0 Å². The molecule has 0 spiro atoms. The fourth-order valence-electron chi connectivity index (χ4n) is 3.28. The average molecular weight is 386 g/mol. The molecule has 3 aromatic carbocycles. The van der Waals surface area contributed by atoms with E-state index >= 15 is 0 Å². The van der Waals surface area contributed by atoms with Gasteiger partial charge in [-0.15, -0.1) is 0 Å². The highest BCUT2D eigenvalue weighted by atomic mass is 16.3. The second kappa shape index (κ2) is 7.80. The minimum absolute atomic E-state index is 0.0508. The Labute approximate surface area is 168 Å². The van der Waals surface area contributed by atoms with Crippen LogP contribution in [0.15, 0.2) is 71.1 Å². The predicted molar refractivity (Wildman–Crippen MR) is 115 cm³/mol. The highest BCUT2D eigenvalue weighted by Gasteiger charge is 2.18. The van der Waals surface area contributed by atoms with Crippen LogP contribution in [0.2, 0.25) is 0 Å². The normalized spacial score (nSPS) is 12.1. The fourth-order valence-corrected chi connectivity index (χ4v) is 3.28. The Morgan fingerprint density at radius 2 is 1.69 bits per heavy atom. The third-order valence-electron chi connectivity index (χ3n) is 5.06. The number of rotatable bonds is 5. The van der Waals surface area contributed by atoms with Gasteiger partial charge in [-0.05, 0) is 48.4 Å². The van der Waals surface area contributed by atoms with Gasteiger partial charge in [0.25, 0.3) is 11.8 Å². The van der Waals surface area contributed by atoms with Crippen molar-refractivity contribution in [2.45, 2.75) is 26.3 Å². The monoisotopic (exact) mass is 386 g/mol. The molecular weight excluding hydrogens is 364 g/mol. The van der Waals surface area contributed by atoms with Crippen LogP contribution < -0.4 is 10.6 Å². The first-order valence-electron chi connectivity index (χ1n) is 9.69. The molecule has 29 heavy (non-hydrogen) atoms. The molecule has 1 aromatic heterocycles. The van der Waals surface area contributed by atoms with Crippen molar-refractivity contribution in [1.82, 2.24) is 5.32 Å². The summed E-state index contributed by atoms with van der Waals surface area (Å²) in [7, 11) is 0. The highest BCUT2D eigenvalue weighted by Crippen LogP contribution is 2.28. The van der Waals surface area contributed by atoms with Gasteiger partial charge in [-0.3, -0.25) is 9.59 Å². The molecule has 0 aliphatic carbocycles. The van der Waals surface area contributed by atoms with Gasteiger partial charge < -0.3 is 15.1 Å². The van der Waals surface area contributed by atoms with Crippen molar-refractivity contribution in [3.63, 3.8) is 0 Å². The standard InChI is InChI=1S/C24H22N2O3/c1-3-15(2)25-23(27)18-10-6-7-11-20(18)26-24(28)22-14-19-17-9-5-4-8-16(17)12-13-21(19)29-22/h4-15H,3H2,1-2H3,(H,25,27)(H,26,28)/t15-/m0/s1. The summed E-state index contributed by atoms with van der Waals surface area (Å²) in [6.07, 6.45) is 0.827. The first-order chi connectivity index (χ1) is 14.1. The van der Waals surface area contributed by atoms with E-state index in [0.29, 0.717) is 16.8 Å². The SMILES string of the molecule is CC[C@H](C)NC(=O)c1ccccc1NC(=O)c1cc2c(ccc3ccccc32)o1. The summed E-state index contributed by atoms with van der Waals surface area (Å²) in [5.74, 6) is -0.409. The van der Waals surface area contributed by atoms with Crippen molar-refractivity contribution >= 4 is 39.2 Å². The van der Waals surface area contributed by atoms with Crippen molar-refractivity contribution in [2.75, 3.05) is 5.32 Å². The maximum absolute atomic E-state index is 12.8. The third kappa shape index (κ3) is 3.72. The summed E-state index contributed by atoms with van der Waals surface area (Å²) >= 11 is 0. The number of anilines is 1. The third-order valence-corrected chi connectivity index (χ3v) is 5.06. The number of hydrogen-bond donors (Lipinski definition) is 2. The van der Waals surface area contributed by atoms with Crippen LogP contribution in [0.3, 0.4) is 0 Å². The molecule has 1 atom stereocenters. The van der Waals surface area contributed by atoms with Crippen molar-refractivity contribution in [3.8, 4) is 0 Å². The lowest BCUT2D eigenvalue weighted by atomic mass is 10.1. The Balaban J connectivity index is 1.63. The number of para-hydroxylation sites is 1. The molecule has 2 amide bonds. The van der Waals surface area contributed by atoms with Gasteiger partial charge in [0.1, 0.15) is 5.58 Å². The van der Waals surface area contributed by atoms with Gasteiger partial charge in [-0.25, -0.2) is 0 Å². The van der Waals surface area contributed by atoms with Crippen LogP contribution in [0.25, 0.3) is 21.7 Å². The number of hydrogen-bond acceptors (Lipinski definition) is 3. The molecule has 0 radical (unpaired) electrons. The summed E-state index contributed by atoms with van der Waals surface area (Å²) < 4.78 is 5.78. The van der Waals surface area contributed by atoms with E-state index in [2.05, 4.69) is 10.6 Å². The average Bonchev–Trinajstić information content (AvgIpc) is 3.19. The van der Waals surface area contributed by atoms with Crippen molar-refractivity contribution in [2.24, 2.45) is 0 Å². The number of furan rings is 1. The van der Waals surface area contributed by atoms with Crippen molar-refractivity contribution in [3.05, 3.63) is 78.1 Å². The van der Waals surface area contributed by atoms with Crippen LogP contribution in [0.1, 0.15) is 41.2 Å². The van der Waals surface area contributed by atoms with Gasteiger partial charge in [-0.2, -0.15) is 0 Å². The van der Waals surface area contributed by atoms with E-state index < -0.39 is 5.91 Å². The summed E-state index contributed by atoms with van der Waals surface area (Å²) in [5, 5.41) is 8.74. The van der Waals surface area contributed by atoms with E-state index in [1.165, 1.54) is 0 Å². The van der Waals surface area contributed by atoms with Gasteiger partial charge >= 0.3 is 0 Å². The number of carbonyl (C=O) groups is 2. The van der Waals surface area contributed by atoms with Crippen LogP contribution >= 0.6 is 0 Å². The number of carbonyl (C=O) groups excluding carboxylic acids is 2. The van der Waals surface area contributed by atoms with E-state index in [1.807, 2.05) is 50.2 Å². The fraction of sp³-hybridized carbons (Fsp3) is 0.167. The molecule has 0 unspecified atom stereocenters. The molecule has 0 bridgehead atoms. The lowest BCUT2D eigenvalue weighted by Crippen LogP contribution is -2.32. The van der Waals surface area contributed by atoms with Gasteiger partial charge in [0, 0.05) is 11.4 Å². The summed E-state index contributed by atoms with van der Waals surface area (Å²) in [6.45, 7) is 3.95. The van der Waals surface area contributed by atoms with E-state index in [9.17, 15) is 9.59 Å². The number of benzene rings is 3. The quantitative estimate of drug-likeness (QED) is 0.485. The molecule has 0 saturated carbocycles. The zero-order valence-electron chi connectivity index (χ0n) is 16.4. The molecule has 146 valence electrons. The number of amides is 2. The molecule has 0 fully saturated rings. The van der Waals surface area contributed by atoms with Crippen LogP contribution in [-0.2, 0) is 0 Å². The highest BCUT2D eigenvalue weighted by molar-refractivity contribution is 6.12. The molecule has 0 aliphatic heterocycles. The predicted octanol–water partition coefficient (Wildman–Crippen LogP) is 5.37. The van der Waals surface area contributed by atoms with Gasteiger partial charge in [0.2, 0.25) is 0 Å². The summed E-state index contributed by atoms with van der Waals surface area (Å²) in [4.78, 5) is 25.4. The Bertz CT molecular complexity index is 1210. The molecule has 4 rings (SSSR count). The van der Waals surface area contributed by atoms with Crippen LogP contribution in [0.5, 0.6) is 0 Å². The Morgan fingerprint density at radius 3 is 2.52 bits per heavy atom. The zero-order chi connectivity index (χ0) is 20.4. The molecule has 5 nitrogen and oxygen atoms in total. The minimum atomic E-state index is -0.394. The van der Waals surface area contributed by atoms with Crippen LogP contribution in [0.4, 0.5) is 5.69 Å². The first-order valence-corrected chi connectivity index (χ1v) is 9.69. The van der Waals surface area contributed by atoms with E-state index in [4.69, 9.17) is 4.42 Å². The molecule has 1 heterocycles. The van der Waals surface area contributed by atoms with E-state index in [-0.39, 0.29) is 17.7 Å². The molecule has 2 N–H and O–H groups in total. The Kier molecular flexibility index (Phi) is 5.04. The lowest BCUT2D eigenvalue weighted by molar-refractivity contribution is 0.0940. The molecule has 0 aliphatic rings. The van der Waals surface area contributed by atoms with Crippen molar-refractivity contribution < 1.29 is 14.0 Å². The second-order valence-electron chi connectivity index (χ2n) is 7.09. The lowest BCUT2D eigenvalue weighted by Gasteiger charge is -2.14. The van der Waals surface area contributed by atoms with E-state index in [0.717, 1.165) is 22.6 Å². The molecular formula is C24H22N2O3. The minimum Gasteiger partial charge on any atom is -0.451 e. The maximum Gasteiger partial charge on any atom is 0.291 e. The summed E-state index contributed by atoms with van der Waals surface area (Å²) in [6, 6.07) is 20.5. The number of fused-ring (bicyclic) bond motifs is 3. The van der Waals surface area contributed by atoms with E-state index in [1.54, 1.807) is 30.3 Å². The smallest absolute Gasteiger partial charge is 0.291 e. The molecule has 4 aromatic rings. The van der Waals surface area contributed by atoms with Crippen LogP contribution in [0, 0.1) is 0 Å². The number of nitrogens with one attached hydrogen (secondary N) is 2. The topological polar surface area (TPSA) is 71.3 Å². The van der Waals surface area contributed by atoms with Crippen LogP contribution in [-0.4, -0.2) is 17.9 Å². The molecule has 0 saturated heterocycles. The van der Waals surface area contributed by atoms with Gasteiger partial charge in [0.15, 0.2) is 5.76 Å².